The maximum absolute atomic E-state index is 12.5. The van der Waals surface area contributed by atoms with Gasteiger partial charge in [-0.3, -0.25) is 4.79 Å². The van der Waals surface area contributed by atoms with E-state index in [9.17, 15) is 4.79 Å². The molecule has 1 saturated heterocycles. The number of piperidine rings is 1. The number of nitrogens with one attached hydrogen (secondary N) is 1. The van der Waals surface area contributed by atoms with E-state index < -0.39 is 0 Å². The Kier molecular flexibility index (Phi) is 7.58. The molecule has 0 saturated carbocycles. The molecule has 2 aliphatic heterocycles. The van der Waals surface area contributed by atoms with Crippen molar-refractivity contribution >= 4 is 23.3 Å². The maximum Gasteiger partial charge on any atom is 0.251 e. The zero-order valence-corrected chi connectivity index (χ0v) is 19.9. The van der Waals surface area contributed by atoms with Gasteiger partial charge in [0.15, 0.2) is 11.5 Å². The molecule has 2 aliphatic rings. The number of para-hydroxylation sites is 1. The van der Waals surface area contributed by atoms with E-state index in [0.29, 0.717) is 19.3 Å². The van der Waals surface area contributed by atoms with Crippen LogP contribution < -0.4 is 20.3 Å². The number of likely N-dealkylation sites (tertiary alicyclic amines) is 1. The van der Waals surface area contributed by atoms with Crippen molar-refractivity contribution in [2.75, 3.05) is 32.8 Å². The van der Waals surface area contributed by atoms with Gasteiger partial charge in [0.2, 0.25) is 0 Å². The molecule has 3 heterocycles. The van der Waals surface area contributed by atoms with E-state index in [1.807, 2.05) is 16.7 Å². The van der Waals surface area contributed by atoms with Crippen molar-refractivity contribution in [1.82, 2.24) is 14.8 Å². The lowest BCUT2D eigenvalue weighted by Gasteiger charge is -2.32. The predicted molar refractivity (Wildman–Crippen MR) is 134 cm³/mol. The van der Waals surface area contributed by atoms with E-state index in [1.54, 1.807) is 6.07 Å². The SMILES string of the molecule is Cc1cccc2ccc(=O)n(CCN3CCC(NCc4ccc5c(c4)OCCO5)CC3)c12.Cl. The number of hydrogen-bond acceptors (Lipinski definition) is 5. The molecule has 0 amide bonds. The molecule has 2 aromatic carbocycles. The molecule has 1 fully saturated rings. The summed E-state index contributed by atoms with van der Waals surface area (Å²) >= 11 is 0. The average Bonchev–Trinajstić information content (AvgIpc) is 2.83. The standard InChI is InChI=1S/C26H31N3O3.ClH/c1-19-3-2-4-21-6-8-25(30)29(26(19)21)14-13-28-11-9-22(10-12-28)27-18-20-5-7-23-24(17-20)32-16-15-31-23;/h2-8,17,22,27H,9-16,18H2,1H3;1H. The van der Waals surface area contributed by atoms with E-state index in [4.69, 9.17) is 9.47 Å². The molecule has 0 spiro atoms. The summed E-state index contributed by atoms with van der Waals surface area (Å²) in [5.74, 6) is 1.69. The third-order valence-corrected chi connectivity index (χ3v) is 6.64. The van der Waals surface area contributed by atoms with Gasteiger partial charge >= 0.3 is 0 Å². The van der Waals surface area contributed by atoms with Gasteiger partial charge in [-0.2, -0.15) is 0 Å². The number of aromatic nitrogens is 1. The van der Waals surface area contributed by atoms with Crippen molar-refractivity contribution in [3.8, 4) is 11.5 Å². The van der Waals surface area contributed by atoms with Gasteiger partial charge in [-0.1, -0.05) is 24.3 Å². The van der Waals surface area contributed by atoms with Crippen LogP contribution in [0.25, 0.3) is 10.9 Å². The normalized spacial score (nSPS) is 16.5. The van der Waals surface area contributed by atoms with Crippen molar-refractivity contribution in [3.05, 3.63) is 70.0 Å². The van der Waals surface area contributed by atoms with Gasteiger partial charge in [-0.25, -0.2) is 0 Å². The topological polar surface area (TPSA) is 55.7 Å². The Balaban J connectivity index is 0.00000259. The highest BCUT2D eigenvalue weighted by atomic mass is 35.5. The Morgan fingerprint density at radius 3 is 2.58 bits per heavy atom. The Labute approximate surface area is 200 Å². The number of halogens is 1. The number of rotatable bonds is 6. The highest BCUT2D eigenvalue weighted by molar-refractivity contribution is 5.85. The van der Waals surface area contributed by atoms with Crippen molar-refractivity contribution in [2.45, 2.75) is 38.9 Å². The Morgan fingerprint density at radius 1 is 0.970 bits per heavy atom. The number of nitrogens with zero attached hydrogens (tertiary/aromatic N) is 2. The highest BCUT2D eigenvalue weighted by Crippen LogP contribution is 2.30. The molecule has 3 aromatic rings. The first-order chi connectivity index (χ1) is 15.7. The van der Waals surface area contributed by atoms with Crippen molar-refractivity contribution in [3.63, 3.8) is 0 Å². The number of fused-ring (bicyclic) bond motifs is 2. The fourth-order valence-electron chi connectivity index (χ4n) is 4.83. The molecule has 1 N–H and O–H groups in total. The Bertz CT molecular complexity index is 1160. The van der Waals surface area contributed by atoms with Gasteiger partial charge < -0.3 is 24.3 Å². The van der Waals surface area contributed by atoms with Crippen LogP contribution in [-0.4, -0.2) is 48.4 Å². The summed E-state index contributed by atoms with van der Waals surface area (Å²) in [6.07, 6.45) is 2.24. The monoisotopic (exact) mass is 469 g/mol. The number of hydrogen-bond donors (Lipinski definition) is 1. The van der Waals surface area contributed by atoms with Crippen molar-refractivity contribution < 1.29 is 9.47 Å². The second-order valence-electron chi connectivity index (χ2n) is 8.81. The third kappa shape index (κ3) is 5.35. The number of benzene rings is 2. The lowest BCUT2D eigenvalue weighted by molar-refractivity contribution is 0.171. The predicted octanol–water partition coefficient (Wildman–Crippen LogP) is 3.76. The summed E-state index contributed by atoms with van der Waals surface area (Å²) in [5.41, 5.74) is 3.53. The van der Waals surface area contributed by atoms with E-state index >= 15 is 0 Å². The second-order valence-corrected chi connectivity index (χ2v) is 8.81. The smallest absolute Gasteiger partial charge is 0.251 e. The summed E-state index contributed by atoms with van der Waals surface area (Å²) in [4.78, 5) is 15.0. The number of pyridine rings is 1. The highest BCUT2D eigenvalue weighted by Gasteiger charge is 2.19. The first-order valence-electron chi connectivity index (χ1n) is 11.6. The maximum atomic E-state index is 12.5. The summed E-state index contributed by atoms with van der Waals surface area (Å²) in [5, 5.41) is 4.83. The molecule has 0 unspecified atom stereocenters. The molecule has 5 rings (SSSR count). The summed E-state index contributed by atoms with van der Waals surface area (Å²) in [6, 6.07) is 16.5. The van der Waals surface area contributed by atoms with E-state index in [1.165, 1.54) is 5.56 Å². The van der Waals surface area contributed by atoms with Gasteiger partial charge in [0.25, 0.3) is 5.56 Å². The van der Waals surface area contributed by atoms with E-state index in [-0.39, 0.29) is 18.0 Å². The van der Waals surface area contributed by atoms with Crippen LogP contribution in [0.1, 0.15) is 24.0 Å². The molecular weight excluding hydrogens is 438 g/mol. The van der Waals surface area contributed by atoms with Crippen molar-refractivity contribution in [1.29, 1.82) is 0 Å². The number of aryl methyl sites for hydroxylation is 1. The summed E-state index contributed by atoms with van der Waals surface area (Å²) in [7, 11) is 0. The van der Waals surface area contributed by atoms with Crippen LogP contribution in [0.15, 0.2) is 53.3 Å². The second kappa shape index (κ2) is 10.6. The van der Waals surface area contributed by atoms with Crippen molar-refractivity contribution in [2.24, 2.45) is 0 Å². The van der Waals surface area contributed by atoms with Gasteiger partial charge in [0.1, 0.15) is 13.2 Å². The third-order valence-electron chi connectivity index (χ3n) is 6.64. The first-order valence-corrected chi connectivity index (χ1v) is 11.6. The van der Waals surface area contributed by atoms with Gasteiger partial charge in [-0.15, -0.1) is 12.4 Å². The largest absolute Gasteiger partial charge is 0.486 e. The fraction of sp³-hybridized carbons (Fsp3) is 0.423. The average molecular weight is 470 g/mol. The minimum atomic E-state index is 0. The molecule has 0 radical (unpaired) electrons. The number of ether oxygens (including phenoxy) is 2. The molecule has 0 bridgehead atoms. The van der Waals surface area contributed by atoms with Crippen LogP contribution in [0.3, 0.4) is 0 Å². The lowest BCUT2D eigenvalue weighted by atomic mass is 10.0. The van der Waals surface area contributed by atoms with Crippen LogP contribution in [0.4, 0.5) is 0 Å². The van der Waals surface area contributed by atoms with Gasteiger partial charge in [0.05, 0.1) is 5.52 Å². The van der Waals surface area contributed by atoms with Crippen LogP contribution >= 0.6 is 12.4 Å². The minimum absolute atomic E-state index is 0. The van der Waals surface area contributed by atoms with E-state index in [0.717, 1.165) is 73.5 Å². The van der Waals surface area contributed by atoms with Crippen LogP contribution in [0, 0.1) is 6.92 Å². The van der Waals surface area contributed by atoms with Gasteiger partial charge in [-0.05, 0) is 67.6 Å². The zero-order valence-electron chi connectivity index (χ0n) is 19.1. The molecule has 1 aromatic heterocycles. The minimum Gasteiger partial charge on any atom is -0.486 e. The van der Waals surface area contributed by atoms with Crippen LogP contribution in [-0.2, 0) is 13.1 Å². The molecular formula is C26H32ClN3O3. The Hall–Kier alpha value is -2.54. The molecule has 0 aliphatic carbocycles. The molecule has 176 valence electrons. The quantitative estimate of drug-likeness (QED) is 0.595. The van der Waals surface area contributed by atoms with Crippen LogP contribution in [0.5, 0.6) is 11.5 Å². The first kappa shape index (κ1) is 23.6. The molecule has 33 heavy (non-hydrogen) atoms. The molecule has 0 atom stereocenters. The fourth-order valence-corrected chi connectivity index (χ4v) is 4.83. The lowest BCUT2D eigenvalue weighted by Crippen LogP contribution is -2.43. The molecule has 6 nitrogen and oxygen atoms in total. The molecule has 7 heteroatoms. The van der Waals surface area contributed by atoms with Crippen LogP contribution in [0.2, 0.25) is 0 Å². The Morgan fingerprint density at radius 2 is 1.76 bits per heavy atom. The summed E-state index contributed by atoms with van der Waals surface area (Å²) in [6.45, 7) is 7.90. The van der Waals surface area contributed by atoms with Gasteiger partial charge in [0, 0.05) is 31.7 Å². The zero-order chi connectivity index (χ0) is 21.9. The van der Waals surface area contributed by atoms with E-state index in [2.05, 4.69) is 47.5 Å². The summed E-state index contributed by atoms with van der Waals surface area (Å²) < 4.78 is 13.2.